The molecule has 8 heteroatoms. The van der Waals surface area contributed by atoms with Gasteiger partial charge in [0, 0.05) is 52.0 Å². The van der Waals surface area contributed by atoms with Crippen molar-refractivity contribution >= 4 is 10.0 Å². The smallest absolute Gasteiger partial charge is 0.262 e. The maximum absolute atomic E-state index is 12.4. The second-order valence-electron chi connectivity index (χ2n) is 5.46. The van der Waals surface area contributed by atoms with Crippen molar-refractivity contribution in [2.45, 2.75) is 17.5 Å². The van der Waals surface area contributed by atoms with E-state index in [1.807, 2.05) is 0 Å². The maximum atomic E-state index is 12.4. The van der Waals surface area contributed by atoms with Crippen LogP contribution in [0.4, 0.5) is 0 Å². The summed E-state index contributed by atoms with van der Waals surface area (Å²) in [6.45, 7) is 4.80. The Labute approximate surface area is 119 Å². The Bertz CT molecular complexity index is 556. The average molecular weight is 299 g/mol. The fourth-order valence-corrected chi connectivity index (χ4v) is 4.30. The molecule has 0 radical (unpaired) electrons. The zero-order valence-corrected chi connectivity index (χ0v) is 12.5. The molecule has 3 rings (SSSR count). The van der Waals surface area contributed by atoms with Crippen molar-refractivity contribution in [1.29, 1.82) is 0 Å². The number of nitrogens with one attached hydrogen (secondary N) is 1. The van der Waals surface area contributed by atoms with Gasteiger partial charge in [0.25, 0.3) is 10.0 Å². The summed E-state index contributed by atoms with van der Waals surface area (Å²) in [5.74, 6) is 0. The standard InChI is InChI=1S/C12H21N5O2S/c1-15-9-12(14-10-15)20(18,19)17-6-4-16(5-7-17)11-2-3-13-8-11/h9-11,13H,2-8H2,1H3. The lowest BCUT2D eigenvalue weighted by atomic mass is 10.2. The first-order valence-electron chi connectivity index (χ1n) is 7.00. The van der Waals surface area contributed by atoms with Crippen LogP contribution in [0.15, 0.2) is 17.6 Å². The second-order valence-corrected chi connectivity index (χ2v) is 7.35. The normalized spacial score (nSPS) is 26.1. The van der Waals surface area contributed by atoms with Crippen LogP contribution in [0.2, 0.25) is 0 Å². The molecule has 2 aliphatic heterocycles. The molecule has 1 aromatic heterocycles. The van der Waals surface area contributed by atoms with E-state index < -0.39 is 10.0 Å². The van der Waals surface area contributed by atoms with Gasteiger partial charge in [0.1, 0.15) is 0 Å². The van der Waals surface area contributed by atoms with E-state index in [4.69, 9.17) is 0 Å². The lowest BCUT2D eigenvalue weighted by molar-refractivity contribution is 0.145. The van der Waals surface area contributed by atoms with Gasteiger partial charge in [-0.05, 0) is 13.0 Å². The minimum absolute atomic E-state index is 0.149. The number of aromatic nitrogens is 2. The maximum Gasteiger partial charge on any atom is 0.262 e. The summed E-state index contributed by atoms with van der Waals surface area (Å²) in [5, 5.41) is 3.50. The zero-order chi connectivity index (χ0) is 14.2. The van der Waals surface area contributed by atoms with E-state index in [0.29, 0.717) is 19.1 Å². The minimum Gasteiger partial charge on any atom is -0.339 e. The first kappa shape index (κ1) is 14.0. The molecule has 0 spiro atoms. The van der Waals surface area contributed by atoms with Crippen LogP contribution in [0.25, 0.3) is 0 Å². The van der Waals surface area contributed by atoms with Gasteiger partial charge in [-0.15, -0.1) is 0 Å². The molecule has 7 nitrogen and oxygen atoms in total. The molecule has 1 atom stereocenters. The van der Waals surface area contributed by atoms with Crippen molar-refractivity contribution in [2.24, 2.45) is 7.05 Å². The van der Waals surface area contributed by atoms with Crippen LogP contribution in [-0.4, -0.2) is 72.5 Å². The minimum atomic E-state index is -3.43. The van der Waals surface area contributed by atoms with E-state index in [2.05, 4.69) is 15.2 Å². The molecule has 0 saturated carbocycles. The largest absolute Gasteiger partial charge is 0.339 e. The highest BCUT2D eigenvalue weighted by molar-refractivity contribution is 7.89. The van der Waals surface area contributed by atoms with Gasteiger partial charge >= 0.3 is 0 Å². The van der Waals surface area contributed by atoms with Crippen molar-refractivity contribution in [3.63, 3.8) is 0 Å². The lowest BCUT2D eigenvalue weighted by Crippen LogP contribution is -2.52. The quantitative estimate of drug-likeness (QED) is 0.782. The number of hydrogen-bond donors (Lipinski definition) is 1. The van der Waals surface area contributed by atoms with Crippen LogP contribution in [0.5, 0.6) is 0 Å². The molecular weight excluding hydrogens is 278 g/mol. The Morgan fingerprint density at radius 2 is 2.05 bits per heavy atom. The van der Waals surface area contributed by atoms with Gasteiger partial charge in [-0.25, -0.2) is 13.4 Å². The Kier molecular flexibility index (Phi) is 3.80. The van der Waals surface area contributed by atoms with E-state index in [1.54, 1.807) is 22.1 Å². The summed E-state index contributed by atoms with van der Waals surface area (Å²) in [4.78, 5) is 6.36. The molecule has 1 unspecified atom stereocenters. The Morgan fingerprint density at radius 1 is 1.30 bits per heavy atom. The third kappa shape index (κ3) is 2.60. The molecule has 0 aliphatic carbocycles. The fourth-order valence-electron chi connectivity index (χ4n) is 2.91. The van der Waals surface area contributed by atoms with Gasteiger partial charge in [0.15, 0.2) is 5.03 Å². The molecule has 3 heterocycles. The summed E-state index contributed by atoms with van der Waals surface area (Å²) < 4.78 is 28.1. The van der Waals surface area contributed by atoms with Crippen molar-refractivity contribution in [1.82, 2.24) is 24.1 Å². The van der Waals surface area contributed by atoms with E-state index in [-0.39, 0.29) is 5.03 Å². The molecule has 0 bridgehead atoms. The molecular formula is C12H21N5O2S. The second kappa shape index (κ2) is 5.44. The van der Waals surface area contributed by atoms with Crippen molar-refractivity contribution in [3.8, 4) is 0 Å². The van der Waals surface area contributed by atoms with Gasteiger partial charge in [0.05, 0.1) is 6.33 Å². The summed E-state index contributed by atoms with van der Waals surface area (Å²) in [6.07, 6.45) is 4.24. The molecule has 112 valence electrons. The summed E-state index contributed by atoms with van der Waals surface area (Å²) in [7, 11) is -1.65. The van der Waals surface area contributed by atoms with Crippen molar-refractivity contribution in [2.75, 3.05) is 39.3 Å². The first-order chi connectivity index (χ1) is 9.57. The SMILES string of the molecule is Cn1cnc(S(=O)(=O)N2CCN(C3CCNC3)CC2)c1. The molecule has 20 heavy (non-hydrogen) atoms. The third-order valence-corrected chi connectivity index (χ3v) is 5.89. The molecule has 2 aliphatic rings. The van der Waals surface area contributed by atoms with Crippen LogP contribution in [-0.2, 0) is 17.1 Å². The molecule has 2 fully saturated rings. The van der Waals surface area contributed by atoms with Crippen LogP contribution >= 0.6 is 0 Å². The van der Waals surface area contributed by atoms with E-state index >= 15 is 0 Å². The average Bonchev–Trinajstić information content (AvgIpc) is 3.10. The van der Waals surface area contributed by atoms with Crippen LogP contribution in [0, 0.1) is 0 Å². The number of piperazine rings is 1. The summed E-state index contributed by atoms with van der Waals surface area (Å²) >= 11 is 0. The Balaban J connectivity index is 1.65. The number of hydrogen-bond acceptors (Lipinski definition) is 5. The highest BCUT2D eigenvalue weighted by Gasteiger charge is 2.32. The molecule has 2 saturated heterocycles. The number of nitrogens with zero attached hydrogens (tertiary/aromatic N) is 4. The predicted octanol–water partition coefficient (Wildman–Crippen LogP) is -0.912. The number of imidazole rings is 1. The zero-order valence-electron chi connectivity index (χ0n) is 11.7. The van der Waals surface area contributed by atoms with Gasteiger partial charge in [-0.3, -0.25) is 4.90 Å². The van der Waals surface area contributed by atoms with Crippen molar-refractivity contribution < 1.29 is 8.42 Å². The predicted molar refractivity (Wildman–Crippen MR) is 74.8 cm³/mol. The van der Waals surface area contributed by atoms with Gasteiger partial charge in [-0.2, -0.15) is 4.31 Å². The number of aryl methyl sites for hydroxylation is 1. The topological polar surface area (TPSA) is 70.5 Å². The summed E-state index contributed by atoms with van der Waals surface area (Å²) in [5.41, 5.74) is 0. The highest BCUT2D eigenvalue weighted by atomic mass is 32.2. The van der Waals surface area contributed by atoms with E-state index in [1.165, 1.54) is 6.33 Å². The highest BCUT2D eigenvalue weighted by Crippen LogP contribution is 2.18. The molecule has 0 aromatic carbocycles. The van der Waals surface area contributed by atoms with E-state index in [0.717, 1.165) is 32.6 Å². The van der Waals surface area contributed by atoms with Crippen LogP contribution in [0.3, 0.4) is 0 Å². The first-order valence-corrected chi connectivity index (χ1v) is 8.44. The molecule has 1 N–H and O–H groups in total. The Hall–Kier alpha value is -0.960. The summed E-state index contributed by atoms with van der Waals surface area (Å²) in [6, 6.07) is 0.565. The van der Waals surface area contributed by atoms with Crippen LogP contribution in [0.1, 0.15) is 6.42 Å². The third-order valence-electron chi connectivity index (χ3n) is 4.11. The monoisotopic (exact) mass is 299 g/mol. The van der Waals surface area contributed by atoms with Gasteiger partial charge < -0.3 is 9.88 Å². The molecule has 0 amide bonds. The van der Waals surface area contributed by atoms with Gasteiger partial charge in [0.2, 0.25) is 0 Å². The van der Waals surface area contributed by atoms with Gasteiger partial charge in [-0.1, -0.05) is 0 Å². The molecule has 1 aromatic rings. The van der Waals surface area contributed by atoms with Crippen LogP contribution < -0.4 is 5.32 Å². The Morgan fingerprint density at radius 3 is 2.60 bits per heavy atom. The fraction of sp³-hybridized carbons (Fsp3) is 0.750. The number of sulfonamides is 1. The lowest BCUT2D eigenvalue weighted by Gasteiger charge is -2.36. The number of rotatable bonds is 3. The van der Waals surface area contributed by atoms with Crippen molar-refractivity contribution in [3.05, 3.63) is 12.5 Å². The van der Waals surface area contributed by atoms with E-state index in [9.17, 15) is 8.42 Å².